The van der Waals surface area contributed by atoms with Gasteiger partial charge in [-0.15, -0.1) is 0 Å². The Labute approximate surface area is 206 Å². The van der Waals surface area contributed by atoms with E-state index in [1.165, 1.54) is 0 Å². The third-order valence-electron chi connectivity index (χ3n) is 6.03. The van der Waals surface area contributed by atoms with Gasteiger partial charge in [-0.25, -0.2) is 4.98 Å². The number of hydrogen-bond donors (Lipinski definition) is 0. The number of carbonyl (C=O) groups excluding carboxylic acids is 2. The lowest BCUT2D eigenvalue weighted by Crippen LogP contribution is -2.39. The monoisotopic (exact) mass is 477 g/mol. The second-order valence-corrected chi connectivity index (χ2v) is 9.11. The highest BCUT2D eigenvalue weighted by atomic mass is 16.5. The Morgan fingerprint density at radius 1 is 1.00 bits per heavy atom. The normalized spacial score (nSPS) is 12.0. The van der Waals surface area contributed by atoms with E-state index in [-0.39, 0.29) is 36.9 Å². The molecule has 3 rings (SSSR count). The Kier molecular flexibility index (Phi) is 9.18. The first-order valence-electron chi connectivity index (χ1n) is 12.3. The number of nitrogens with zero attached hydrogens (tertiary/aromatic N) is 3. The fraction of sp³-hybridized carbons (Fsp3) is 0.429. The van der Waals surface area contributed by atoms with Crippen LogP contribution in [-0.2, 0) is 20.9 Å². The number of ether oxygens (including phenoxy) is 1. The average Bonchev–Trinajstić information content (AvgIpc) is 2.85. The van der Waals surface area contributed by atoms with E-state index in [4.69, 9.17) is 9.72 Å². The van der Waals surface area contributed by atoms with Crippen molar-refractivity contribution in [2.24, 2.45) is 5.92 Å². The largest absolute Gasteiger partial charge is 0.466 e. The fourth-order valence-electron chi connectivity index (χ4n) is 4.08. The standard InChI is InChI=1S/C28H35N3O4/c1-5-35-26(33)16-15-25(32)30(18-17-20(2)3)21(4)27-29-24-14-10-9-13-23(24)28(34)31(27)19-22-11-7-6-8-12-22/h6-14,20-21H,5,15-19H2,1-4H3. The zero-order valence-corrected chi connectivity index (χ0v) is 21.1. The number of aromatic nitrogens is 2. The predicted octanol–water partition coefficient (Wildman–Crippen LogP) is 4.72. The van der Waals surface area contributed by atoms with E-state index in [1.807, 2.05) is 55.5 Å². The van der Waals surface area contributed by atoms with Gasteiger partial charge in [0.25, 0.3) is 5.56 Å². The van der Waals surface area contributed by atoms with E-state index in [0.717, 1.165) is 12.0 Å². The molecule has 0 N–H and O–H groups in total. The summed E-state index contributed by atoms with van der Waals surface area (Å²) >= 11 is 0. The number of esters is 1. The quantitative estimate of drug-likeness (QED) is 0.373. The highest BCUT2D eigenvalue weighted by Crippen LogP contribution is 2.23. The van der Waals surface area contributed by atoms with Crippen molar-refractivity contribution < 1.29 is 14.3 Å². The van der Waals surface area contributed by atoms with Gasteiger partial charge in [0.2, 0.25) is 5.91 Å². The van der Waals surface area contributed by atoms with E-state index < -0.39 is 6.04 Å². The van der Waals surface area contributed by atoms with Gasteiger partial charge in [-0.05, 0) is 43.9 Å². The molecule has 1 heterocycles. The predicted molar refractivity (Wildman–Crippen MR) is 137 cm³/mol. The van der Waals surface area contributed by atoms with Gasteiger partial charge in [0.15, 0.2) is 0 Å². The Bertz CT molecular complexity index is 1200. The summed E-state index contributed by atoms with van der Waals surface area (Å²) in [7, 11) is 0. The summed E-state index contributed by atoms with van der Waals surface area (Å²) in [4.78, 5) is 45.3. The second kappa shape index (κ2) is 12.3. The molecule has 1 amide bonds. The number of para-hydroxylation sites is 1. The van der Waals surface area contributed by atoms with Crippen molar-refractivity contribution in [3.63, 3.8) is 0 Å². The Morgan fingerprint density at radius 2 is 1.69 bits per heavy atom. The Morgan fingerprint density at radius 3 is 2.37 bits per heavy atom. The fourth-order valence-corrected chi connectivity index (χ4v) is 4.08. The lowest BCUT2D eigenvalue weighted by atomic mass is 10.1. The van der Waals surface area contributed by atoms with Crippen LogP contribution in [0, 0.1) is 5.92 Å². The summed E-state index contributed by atoms with van der Waals surface area (Å²) in [6, 6.07) is 16.6. The molecule has 0 aliphatic rings. The second-order valence-electron chi connectivity index (χ2n) is 9.11. The first-order chi connectivity index (χ1) is 16.8. The highest BCUT2D eigenvalue weighted by Gasteiger charge is 2.27. The number of amides is 1. The van der Waals surface area contributed by atoms with Crippen LogP contribution in [0.2, 0.25) is 0 Å². The van der Waals surface area contributed by atoms with Gasteiger partial charge >= 0.3 is 5.97 Å². The number of fused-ring (bicyclic) bond motifs is 1. The smallest absolute Gasteiger partial charge is 0.306 e. The van der Waals surface area contributed by atoms with Crippen LogP contribution in [0.3, 0.4) is 0 Å². The molecular weight excluding hydrogens is 442 g/mol. The average molecular weight is 478 g/mol. The summed E-state index contributed by atoms with van der Waals surface area (Å²) in [5, 5.41) is 0.543. The molecule has 7 nitrogen and oxygen atoms in total. The van der Waals surface area contributed by atoms with Crippen LogP contribution < -0.4 is 5.56 Å². The molecule has 1 unspecified atom stereocenters. The number of hydrogen-bond acceptors (Lipinski definition) is 5. The molecule has 35 heavy (non-hydrogen) atoms. The van der Waals surface area contributed by atoms with Crippen molar-refractivity contribution in [1.29, 1.82) is 0 Å². The third-order valence-corrected chi connectivity index (χ3v) is 6.03. The lowest BCUT2D eigenvalue weighted by molar-refractivity contribution is -0.146. The molecular formula is C28H35N3O4. The van der Waals surface area contributed by atoms with Crippen LogP contribution in [-0.4, -0.2) is 39.5 Å². The van der Waals surface area contributed by atoms with Crippen LogP contribution >= 0.6 is 0 Å². The van der Waals surface area contributed by atoms with E-state index >= 15 is 0 Å². The van der Waals surface area contributed by atoms with Crippen LogP contribution in [0.4, 0.5) is 0 Å². The third kappa shape index (κ3) is 6.78. The highest BCUT2D eigenvalue weighted by molar-refractivity contribution is 5.82. The molecule has 0 spiro atoms. The molecule has 0 aliphatic heterocycles. The minimum atomic E-state index is -0.454. The lowest BCUT2D eigenvalue weighted by Gasteiger charge is -2.31. The summed E-state index contributed by atoms with van der Waals surface area (Å²) in [5.41, 5.74) is 1.44. The first-order valence-corrected chi connectivity index (χ1v) is 12.3. The van der Waals surface area contributed by atoms with Crippen molar-refractivity contribution in [2.75, 3.05) is 13.2 Å². The number of rotatable bonds is 11. The molecule has 1 aromatic heterocycles. The van der Waals surface area contributed by atoms with Gasteiger partial charge in [0.05, 0.1) is 36.5 Å². The van der Waals surface area contributed by atoms with Crippen LogP contribution in [0.15, 0.2) is 59.4 Å². The van der Waals surface area contributed by atoms with Gasteiger partial charge in [-0.1, -0.05) is 56.3 Å². The molecule has 186 valence electrons. The molecule has 0 saturated heterocycles. The molecule has 0 aliphatic carbocycles. The van der Waals surface area contributed by atoms with Gasteiger partial charge in [-0.2, -0.15) is 0 Å². The molecule has 0 fully saturated rings. The number of benzene rings is 2. The van der Waals surface area contributed by atoms with Crippen LogP contribution in [0.25, 0.3) is 10.9 Å². The van der Waals surface area contributed by atoms with Crippen molar-refractivity contribution >= 4 is 22.8 Å². The van der Waals surface area contributed by atoms with E-state index in [2.05, 4.69) is 13.8 Å². The zero-order chi connectivity index (χ0) is 25.4. The van der Waals surface area contributed by atoms with E-state index in [9.17, 15) is 14.4 Å². The molecule has 0 saturated carbocycles. The van der Waals surface area contributed by atoms with E-state index in [0.29, 0.717) is 35.7 Å². The molecule has 3 aromatic rings. The summed E-state index contributed by atoms with van der Waals surface area (Å²) < 4.78 is 6.67. The molecule has 0 bridgehead atoms. The molecule has 0 radical (unpaired) electrons. The van der Waals surface area contributed by atoms with Crippen molar-refractivity contribution in [3.05, 3.63) is 76.3 Å². The maximum Gasteiger partial charge on any atom is 0.306 e. The number of carbonyl (C=O) groups is 2. The molecule has 1 atom stereocenters. The van der Waals surface area contributed by atoms with Crippen LogP contribution in [0.1, 0.15) is 64.4 Å². The maximum absolute atomic E-state index is 13.6. The van der Waals surface area contributed by atoms with Crippen LogP contribution in [0.5, 0.6) is 0 Å². The summed E-state index contributed by atoms with van der Waals surface area (Å²) in [6.07, 6.45) is 0.878. The minimum absolute atomic E-state index is 0.0273. The van der Waals surface area contributed by atoms with Crippen molar-refractivity contribution in [2.45, 2.75) is 59.5 Å². The SMILES string of the molecule is CCOC(=O)CCC(=O)N(CCC(C)C)C(C)c1nc2ccccc2c(=O)n1Cc1ccccc1. The van der Waals surface area contributed by atoms with Crippen molar-refractivity contribution in [1.82, 2.24) is 14.5 Å². The van der Waals surface area contributed by atoms with Gasteiger partial charge < -0.3 is 9.64 Å². The van der Waals surface area contributed by atoms with Crippen molar-refractivity contribution in [3.8, 4) is 0 Å². The minimum Gasteiger partial charge on any atom is -0.466 e. The van der Waals surface area contributed by atoms with Gasteiger partial charge in [0.1, 0.15) is 5.82 Å². The Balaban J connectivity index is 2.02. The first kappa shape index (κ1) is 26.1. The maximum atomic E-state index is 13.6. The summed E-state index contributed by atoms with van der Waals surface area (Å²) in [5.74, 6) is 0.381. The topological polar surface area (TPSA) is 81.5 Å². The van der Waals surface area contributed by atoms with E-state index in [1.54, 1.807) is 22.5 Å². The summed E-state index contributed by atoms with van der Waals surface area (Å²) in [6.45, 7) is 9.00. The van der Waals surface area contributed by atoms with Gasteiger partial charge in [-0.3, -0.25) is 19.0 Å². The molecule has 7 heteroatoms. The Hall–Kier alpha value is -3.48. The zero-order valence-electron chi connectivity index (χ0n) is 21.1. The van der Waals surface area contributed by atoms with Gasteiger partial charge in [0, 0.05) is 13.0 Å². The molecule has 2 aromatic carbocycles.